The van der Waals surface area contributed by atoms with Gasteiger partial charge in [-0.1, -0.05) is 0 Å². The lowest BCUT2D eigenvalue weighted by Gasteiger charge is -2.32. The fourth-order valence-corrected chi connectivity index (χ4v) is 2.47. The van der Waals surface area contributed by atoms with Crippen molar-refractivity contribution < 1.29 is 18.5 Å². The number of hydrogen-bond acceptors (Lipinski definition) is 5. The molecule has 0 aliphatic carbocycles. The van der Waals surface area contributed by atoms with Gasteiger partial charge in [0.2, 0.25) is 0 Å². The Morgan fingerprint density at radius 2 is 1.90 bits per heavy atom. The molecule has 1 fully saturated rings. The molecule has 0 bridgehead atoms. The monoisotopic (exact) mass is 297 g/mol. The van der Waals surface area contributed by atoms with E-state index in [4.69, 9.17) is 9.31 Å². The summed E-state index contributed by atoms with van der Waals surface area (Å²) in [7, 11) is -1.04. The number of aldehydes is 1. The highest BCUT2D eigenvalue weighted by molar-refractivity contribution is 7.14. The topological polar surface area (TPSA) is 48.4 Å². The lowest BCUT2D eigenvalue weighted by molar-refractivity contribution is 0.00578. The molecule has 0 saturated carbocycles. The molecule has 0 unspecified atom stereocenters. The Morgan fingerprint density at radius 1 is 1.35 bits per heavy atom. The van der Waals surface area contributed by atoms with Gasteiger partial charge in [-0.3, -0.25) is 4.79 Å². The van der Waals surface area contributed by atoms with E-state index in [1.165, 1.54) is 6.20 Å². The summed E-state index contributed by atoms with van der Waals surface area (Å²) in [5.74, 6) is 0. The summed E-state index contributed by atoms with van der Waals surface area (Å²) in [5.41, 5.74) is -1.35. The smallest absolute Gasteiger partial charge is 0.398 e. The maximum absolute atomic E-state index is 14.5. The van der Waals surface area contributed by atoms with E-state index in [-0.39, 0.29) is 0 Å². The molecule has 20 heavy (non-hydrogen) atoms. The van der Waals surface area contributed by atoms with Gasteiger partial charge in [0.1, 0.15) is 10.7 Å². The molecule has 0 radical (unpaired) electrons. The first-order valence-corrected chi connectivity index (χ1v) is 7.13. The zero-order valence-electron chi connectivity index (χ0n) is 12.2. The quantitative estimate of drug-likeness (QED) is 0.634. The number of hydrogen-bond donors (Lipinski definition) is 0. The van der Waals surface area contributed by atoms with Crippen LogP contribution in [0.15, 0.2) is 11.9 Å². The molecular weight excluding hydrogens is 280 g/mol. The van der Waals surface area contributed by atoms with E-state index in [2.05, 4.69) is 4.98 Å². The molecule has 108 valence electrons. The Balaban J connectivity index is 2.29. The van der Waals surface area contributed by atoms with Crippen molar-refractivity contribution in [2.45, 2.75) is 45.8 Å². The predicted octanol–water partition coefficient (Wildman–Crippen LogP) is 3.29. The fraction of sp³-hybridized carbons (Fsp3) is 0.538. The van der Waals surface area contributed by atoms with Gasteiger partial charge in [0.25, 0.3) is 0 Å². The molecule has 1 saturated heterocycles. The highest BCUT2D eigenvalue weighted by Gasteiger charge is 2.53. The van der Waals surface area contributed by atoms with Crippen molar-refractivity contribution in [3.63, 3.8) is 0 Å². The Hall–Kier alpha value is -1.05. The first-order valence-electron chi connectivity index (χ1n) is 6.31. The predicted molar refractivity (Wildman–Crippen MR) is 77.3 cm³/mol. The second-order valence-corrected chi connectivity index (χ2v) is 6.81. The molecule has 1 aromatic rings. The fourth-order valence-electron chi connectivity index (χ4n) is 1.74. The molecule has 7 heteroatoms. The van der Waals surface area contributed by atoms with Gasteiger partial charge in [-0.15, -0.1) is 11.3 Å². The molecule has 0 N–H and O–H groups in total. The number of carbonyl (C=O) groups is 1. The highest BCUT2D eigenvalue weighted by Crippen LogP contribution is 2.40. The molecule has 4 nitrogen and oxygen atoms in total. The van der Waals surface area contributed by atoms with E-state index >= 15 is 0 Å². The zero-order chi connectivity index (χ0) is 15.1. The standard InChI is InChI=1S/C13H17BFNO3S/c1-8(11-16-6-9(7-17)20-11)10(15)14-18-12(2,3)13(4,5)19-14/h6-7H,1-5H3. The van der Waals surface area contributed by atoms with Gasteiger partial charge in [0.05, 0.1) is 16.1 Å². The summed E-state index contributed by atoms with van der Waals surface area (Å²) >= 11 is 1.14. The van der Waals surface area contributed by atoms with Crippen LogP contribution in [0.1, 0.15) is 49.3 Å². The van der Waals surface area contributed by atoms with Crippen molar-refractivity contribution in [3.8, 4) is 0 Å². The highest BCUT2D eigenvalue weighted by atomic mass is 32.1. The third-order valence-corrected chi connectivity index (χ3v) is 4.82. The number of rotatable bonds is 3. The summed E-state index contributed by atoms with van der Waals surface area (Å²) in [6.45, 7) is 9.06. The van der Waals surface area contributed by atoms with Gasteiger partial charge in [0.15, 0.2) is 6.29 Å². The number of nitrogens with zero attached hydrogens (tertiary/aromatic N) is 1. The average molecular weight is 297 g/mol. The summed E-state index contributed by atoms with van der Waals surface area (Å²) < 4.78 is 25.8. The lowest BCUT2D eigenvalue weighted by atomic mass is 9.85. The van der Waals surface area contributed by atoms with Gasteiger partial charge in [-0.25, -0.2) is 9.37 Å². The van der Waals surface area contributed by atoms with E-state index in [0.717, 1.165) is 11.3 Å². The molecule has 1 aromatic heterocycles. The molecule has 2 rings (SSSR count). The Morgan fingerprint density at radius 3 is 2.35 bits per heavy atom. The van der Waals surface area contributed by atoms with Gasteiger partial charge in [0, 0.05) is 11.8 Å². The third kappa shape index (κ3) is 2.57. The van der Waals surface area contributed by atoms with Gasteiger partial charge in [-0.05, 0) is 34.6 Å². The maximum Gasteiger partial charge on any atom is 0.525 e. The molecule has 0 spiro atoms. The van der Waals surface area contributed by atoms with Gasteiger partial charge in [-0.2, -0.15) is 0 Å². The molecule has 1 aliphatic heterocycles. The second-order valence-electron chi connectivity index (χ2n) is 5.75. The van der Waals surface area contributed by atoms with Crippen LogP contribution in [0.2, 0.25) is 0 Å². The van der Waals surface area contributed by atoms with Crippen LogP contribution in [0.4, 0.5) is 4.39 Å². The van der Waals surface area contributed by atoms with Crippen molar-refractivity contribution >= 4 is 30.3 Å². The van der Waals surface area contributed by atoms with Crippen LogP contribution in [0, 0.1) is 0 Å². The third-order valence-electron chi connectivity index (χ3n) is 3.78. The first-order chi connectivity index (χ1) is 9.18. The Labute approximate surface area is 122 Å². The molecule has 1 aliphatic rings. The molecular formula is C13H17BFNO3S. The lowest BCUT2D eigenvalue weighted by Crippen LogP contribution is -2.41. The SMILES string of the molecule is CC(=C(F)B1OC(C)(C)C(C)(C)O1)c1ncc(C=O)s1. The van der Waals surface area contributed by atoms with Crippen LogP contribution in [0.3, 0.4) is 0 Å². The number of halogens is 1. The van der Waals surface area contributed by atoms with Crippen molar-refractivity contribution in [2.75, 3.05) is 0 Å². The van der Waals surface area contributed by atoms with Crippen molar-refractivity contribution in [1.82, 2.24) is 4.98 Å². The number of allylic oxidation sites excluding steroid dienone is 1. The largest absolute Gasteiger partial charge is 0.525 e. The summed E-state index contributed by atoms with van der Waals surface area (Å²) in [5, 5.41) is 0.458. The number of aromatic nitrogens is 1. The minimum absolute atomic E-state index is 0.335. The Kier molecular flexibility index (Phi) is 3.88. The minimum atomic E-state index is -1.04. The van der Waals surface area contributed by atoms with Crippen LogP contribution in [-0.2, 0) is 9.31 Å². The maximum atomic E-state index is 14.5. The molecule has 0 atom stereocenters. The normalized spacial score (nSPS) is 21.8. The van der Waals surface area contributed by atoms with Crippen LogP contribution in [0.25, 0.3) is 5.57 Å². The van der Waals surface area contributed by atoms with Crippen LogP contribution in [0.5, 0.6) is 0 Å². The minimum Gasteiger partial charge on any atom is -0.398 e. The first kappa shape index (κ1) is 15.3. The molecule has 0 aromatic carbocycles. The second kappa shape index (κ2) is 5.05. The summed E-state index contributed by atoms with van der Waals surface area (Å²) in [4.78, 5) is 15.1. The van der Waals surface area contributed by atoms with E-state index in [1.54, 1.807) is 6.92 Å². The zero-order valence-corrected chi connectivity index (χ0v) is 13.0. The van der Waals surface area contributed by atoms with Gasteiger partial charge < -0.3 is 9.31 Å². The Bertz CT molecular complexity index is 552. The number of thiazole rings is 1. The molecule has 2 heterocycles. The van der Waals surface area contributed by atoms with Gasteiger partial charge >= 0.3 is 7.12 Å². The van der Waals surface area contributed by atoms with E-state index in [1.807, 2.05) is 27.7 Å². The average Bonchev–Trinajstić information content (AvgIpc) is 2.91. The van der Waals surface area contributed by atoms with Crippen molar-refractivity contribution in [1.29, 1.82) is 0 Å². The van der Waals surface area contributed by atoms with E-state index < -0.39 is 24.0 Å². The van der Waals surface area contributed by atoms with Crippen molar-refractivity contribution in [2.24, 2.45) is 0 Å². The summed E-state index contributed by atoms with van der Waals surface area (Å²) in [6.07, 6.45) is 2.12. The van der Waals surface area contributed by atoms with Crippen LogP contribution in [-0.4, -0.2) is 29.6 Å². The van der Waals surface area contributed by atoms with E-state index in [0.29, 0.717) is 21.7 Å². The van der Waals surface area contributed by atoms with E-state index in [9.17, 15) is 9.18 Å². The molecule has 0 amide bonds. The van der Waals surface area contributed by atoms with Crippen LogP contribution >= 0.6 is 11.3 Å². The van der Waals surface area contributed by atoms with Crippen molar-refractivity contribution in [3.05, 3.63) is 21.8 Å². The van der Waals surface area contributed by atoms with Crippen LogP contribution < -0.4 is 0 Å². The number of carbonyl (C=O) groups excluding carboxylic acids is 1. The summed E-state index contributed by atoms with van der Waals surface area (Å²) in [6, 6.07) is 0.